The van der Waals surface area contributed by atoms with Crippen molar-refractivity contribution in [3.63, 3.8) is 0 Å². The van der Waals surface area contributed by atoms with Gasteiger partial charge in [-0.2, -0.15) is 0 Å². The number of nitrogens with one attached hydrogen (secondary N) is 1. The number of aromatic nitrogens is 1. The molecule has 0 aliphatic heterocycles. The van der Waals surface area contributed by atoms with E-state index in [1.807, 2.05) is 26.8 Å². The summed E-state index contributed by atoms with van der Waals surface area (Å²) in [5.41, 5.74) is -0.509. The van der Waals surface area contributed by atoms with Gasteiger partial charge in [-0.1, -0.05) is 0 Å². The molecule has 0 bridgehead atoms. The lowest BCUT2D eigenvalue weighted by Gasteiger charge is -2.19. The van der Waals surface area contributed by atoms with Gasteiger partial charge in [-0.05, 0) is 71.4 Å². The SMILES string of the molecule is CC(C)(C)OC(=O)Nc1ccc(I)c(Br)n1. The highest BCUT2D eigenvalue weighted by Gasteiger charge is 2.16. The minimum Gasteiger partial charge on any atom is -0.444 e. The molecule has 88 valence electrons. The molecule has 0 unspecified atom stereocenters. The maximum absolute atomic E-state index is 11.4. The Morgan fingerprint density at radius 1 is 1.50 bits per heavy atom. The number of nitrogens with zero attached hydrogens (tertiary/aromatic N) is 1. The minimum absolute atomic E-state index is 0.460. The van der Waals surface area contributed by atoms with Gasteiger partial charge in [0.2, 0.25) is 0 Å². The first-order valence-electron chi connectivity index (χ1n) is 4.60. The molecule has 0 saturated heterocycles. The Kier molecular flexibility index (Phi) is 4.54. The number of rotatable bonds is 1. The molecule has 0 atom stereocenters. The van der Waals surface area contributed by atoms with Gasteiger partial charge < -0.3 is 4.74 Å². The Morgan fingerprint density at radius 3 is 2.62 bits per heavy atom. The normalized spacial score (nSPS) is 11.1. The topological polar surface area (TPSA) is 51.2 Å². The Labute approximate surface area is 116 Å². The van der Waals surface area contributed by atoms with E-state index in [2.05, 4.69) is 48.8 Å². The first kappa shape index (κ1) is 13.7. The van der Waals surface area contributed by atoms with Crippen molar-refractivity contribution in [1.29, 1.82) is 0 Å². The fourth-order valence-corrected chi connectivity index (χ4v) is 1.52. The molecule has 1 aromatic rings. The highest BCUT2D eigenvalue weighted by molar-refractivity contribution is 14.1. The lowest BCUT2D eigenvalue weighted by molar-refractivity contribution is 0.0635. The third-order valence-electron chi connectivity index (χ3n) is 1.43. The number of hydrogen-bond acceptors (Lipinski definition) is 3. The van der Waals surface area contributed by atoms with Gasteiger partial charge in [0, 0.05) is 3.57 Å². The molecule has 4 nitrogen and oxygen atoms in total. The molecule has 0 fully saturated rings. The summed E-state index contributed by atoms with van der Waals surface area (Å²) in [7, 11) is 0. The van der Waals surface area contributed by atoms with Gasteiger partial charge in [0.1, 0.15) is 16.0 Å². The summed E-state index contributed by atoms with van der Waals surface area (Å²) in [5, 5.41) is 2.56. The summed E-state index contributed by atoms with van der Waals surface area (Å²) in [6.45, 7) is 5.43. The summed E-state index contributed by atoms with van der Waals surface area (Å²) in [4.78, 5) is 15.6. The number of ether oxygens (including phenoxy) is 1. The number of pyridine rings is 1. The smallest absolute Gasteiger partial charge is 0.413 e. The van der Waals surface area contributed by atoms with E-state index in [0.717, 1.165) is 3.57 Å². The maximum atomic E-state index is 11.4. The summed E-state index contributed by atoms with van der Waals surface area (Å²) >= 11 is 5.43. The third-order valence-corrected chi connectivity index (χ3v) is 3.65. The second-order valence-corrected chi connectivity index (χ2v) is 6.01. The van der Waals surface area contributed by atoms with Crippen LogP contribution < -0.4 is 5.32 Å². The van der Waals surface area contributed by atoms with E-state index in [-0.39, 0.29) is 0 Å². The van der Waals surface area contributed by atoms with Crippen molar-refractivity contribution in [2.24, 2.45) is 0 Å². The second kappa shape index (κ2) is 5.31. The molecule has 0 radical (unpaired) electrons. The van der Waals surface area contributed by atoms with E-state index in [1.165, 1.54) is 0 Å². The molecule has 1 heterocycles. The first-order chi connectivity index (χ1) is 7.28. The molecular weight excluding hydrogens is 387 g/mol. The monoisotopic (exact) mass is 398 g/mol. The largest absolute Gasteiger partial charge is 0.444 e. The first-order valence-corrected chi connectivity index (χ1v) is 6.47. The van der Waals surface area contributed by atoms with Crippen LogP contribution in [0.25, 0.3) is 0 Å². The van der Waals surface area contributed by atoms with Crippen LogP contribution in [0.15, 0.2) is 16.7 Å². The molecular formula is C10H12BrIN2O2. The molecule has 1 aromatic heterocycles. The van der Waals surface area contributed by atoms with Crippen molar-refractivity contribution >= 4 is 50.4 Å². The summed E-state index contributed by atoms with van der Waals surface area (Å²) in [6.07, 6.45) is -0.506. The van der Waals surface area contributed by atoms with Gasteiger partial charge in [-0.3, -0.25) is 5.32 Å². The van der Waals surface area contributed by atoms with Crippen molar-refractivity contribution in [1.82, 2.24) is 4.98 Å². The molecule has 6 heteroatoms. The van der Waals surface area contributed by atoms with Gasteiger partial charge >= 0.3 is 6.09 Å². The van der Waals surface area contributed by atoms with Crippen LogP contribution in [-0.4, -0.2) is 16.7 Å². The molecule has 0 saturated carbocycles. The van der Waals surface area contributed by atoms with Gasteiger partial charge in [-0.15, -0.1) is 0 Å². The van der Waals surface area contributed by atoms with Gasteiger partial charge in [-0.25, -0.2) is 9.78 Å². The van der Waals surface area contributed by atoms with Gasteiger partial charge in [0.05, 0.1) is 0 Å². The average molecular weight is 399 g/mol. The summed E-state index contributed by atoms with van der Waals surface area (Å²) < 4.78 is 6.78. The van der Waals surface area contributed by atoms with Crippen LogP contribution in [0.5, 0.6) is 0 Å². The van der Waals surface area contributed by atoms with Crippen LogP contribution in [0.2, 0.25) is 0 Å². The third kappa shape index (κ3) is 4.65. The Bertz CT molecular complexity index is 404. The van der Waals surface area contributed by atoms with Crippen molar-refractivity contribution in [2.75, 3.05) is 5.32 Å². The standard InChI is InChI=1S/C10H12BrIN2O2/c1-10(2,3)16-9(15)14-7-5-4-6(12)8(11)13-7/h4-5H,1-3H3,(H,13,14,15). The lowest BCUT2D eigenvalue weighted by Crippen LogP contribution is -2.27. The molecule has 0 aliphatic rings. The van der Waals surface area contributed by atoms with E-state index in [0.29, 0.717) is 10.4 Å². The predicted octanol–water partition coefficient (Wildman–Crippen LogP) is 3.80. The minimum atomic E-state index is -0.509. The molecule has 0 aliphatic carbocycles. The highest BCUT2D eigenvalue weighted by Crippen LogP contribution is 2.19. The van der Waals surface area contributed by atoms with Crippen LogP contribution in [0, 0.1) is 3.57 Å². The highest BCUT2D eigenvalue weighted by atomic mass is 127. The zero-order valence-corrected chi connectivity index (χ0v) is 12.9. The average Bonchev–Trinajstić information content (AvgIpc) is 2.08. The van der Waals surface area contributed by atoms with Crippen LogP contribution in [0.4, 0.5) is 10.6 Å². The quantitative estimate of drug-likeness (QED) is 0.578. The maximum Gasteiger partial charge on any atom is 0.413 e. The Hall–Kier alpha value is -0.370. The van der Waals surface area contributed by atoms with E-state index in [9.17, 15) is 4.79 Å². The second-order valence-electron chi connectivity index (χ2n) is 4.10. The van der Waals surface area contributed by atoms with Crippen LogP contribution in [0.1, 0.15) is 20.8 Å². The Balaban J connectivity index is 2.67. The van der Waals surface area contributed by atoms with Crippen LogP contribution in [-0.2, 0) is 4.74 Å². The zero-order chi connectivity index (χ0) is 12.3. The number of amides is 1. The molecule has 0 spiro atoms. The van der Waals surface area contributed by atoms with E-state index < -0.39 is 11.7 Å². The van der Waals surface area contributed by atoms with Crippen molar-refractivity contribution in [2.45, 2.75) is 26.4 Å². The van der Waals surface area contributed by atoms with Crippen molar-refractivity contribution in [3.05, 3.63) is 20.3 Å². The molecule has 1 N–H and O–H groups in total. The van der Waals surface area contributed by atoms with Crippen LogP contribution in [0.3, 0.4) is 0 Å². The number of anilines is 1. The predicted molar refractivity (Wildman–Crippen MR) is 74.5 cm³/mol. The molecule has 0 aromatic carbocycles. The summed E-state index contributed by atoms with van der Waals surface area (Å²) in [6, 6.07) is 3.57. The fraction of sp³-hybridized carbons (Fsp3) is 0.400. The number of hydrogen-bond donors (Lipinski definition) is 1. The Morgan fingerprint density at radius 2 is 2.12 bits per heavy atom. The van der Waals surface area contributed by atoms with Gasteiger partial charge in [0.15, 0.2) is 0 Å². The van der Waals surface area contributed by atoms with E-state index in [1.54, 1.807) is 6.07 Å². The van der Waals surface area contributed by atoms with Crippen LogP contribution >= 0.6 is 38.5 Å². The van der Waals surface area contributed by atoms with Gasteiger partial charge in [0.25, 0.3) is 0 Å². The molecule has 1 amide bonds. The fourth-order valence-electron chi connectivity index (χ4n) is 0.895. The van der Waals surface area contributed by atoms with E-state index >= 15 is 0 Å². The molecule has 16 heavy (non-hydrogen) atoms. The number of halogens is 2. The number of carbonyl (C=O) groups is 1. The zero-order valence-electron chi connectivity index (χ0n) is 9.17. The van der Waals surface area contributed by atoms with Crippen molar-refractivity contribution in [3.8, 4) is 0 Å². The molecule has 1 rings (SSSR count). The summed E-state index contributed by atoms with van der Waals surface area (Å²) in [5.74, 6) is 0.460. The van der Waals surface area contributed by atoms with E-state index in [4.69, 9.17) is 4.74 Å². The lowest BCUT2D eigenvalue weighted by atomic mass is 10.2. The number of carbonyl (C=O) groups excluding carboxylic acids is 1. The van der Waals surface area contributed by atoms with Crippen molar-refractivity contribution < 1.29 is 9.53 Å².